The highest BCUT2D eigenvalue weighted by molar-refractivity contribution is 5.81. The number of rotatable bonds is 22. The van der Waals surface area contributed by atoms with Gasteiger partial charge in [-0.2, -0.15) is 14.4 Å². The van der Waals surface area contributed by atoms with E-state index in [4.69, 9.17) is 26.4 Å². The molecule has 1 saturated heterocycles. The van der Waals surface area contributed by atoms with Gasteiger partial charge in [-0.05, 0) is 12.8 Å². The highest BCUT2D eigenvalue weighted by atomic mass is 19.1. The predicted molar refractivity (Wildman–Crippen MR) is 171 cm³/mol. The highest BCUT2D eigenvalue weighted by Gasteiger charge is 2.52. The van der Waals surface area contributed by atoms with Gasteiger partial charge in [0.15, 0.2) is 17.0 Å². The van der Waals surface area contributed by atoms with Crippen LogP contribution in [0, 0.1) is 18.4 Å². The Morgan fingerprint density at radius 3 is 2.09 bits per heavy atom. The average molecular weight is 630 g/mol. The molecule has 0 aromatic carbocycles. The molecule has 1 fully saturated rings. The van der Waals surface area contributed by atoms with Crippen molar-refractivity contribution in [2.75, 3.05) is 12.3 Å². The first-order valence-corrected chi connectivity index (χ1v) is 17.0. The molecule has 0 aliphatic carbocycles. The number of esters is 2. The normalized spacial score (nSPS) is 19.5. The summed E-state index contributed by atoms with van der Waals surface area (Å²) in [4.78, 5) is 37.2. The largest absolute Gasteiger partial charge is 0.461 e. The third-order valence-electron chi connectivity index (χ3n) is 8.45. The van der Waals surface area contributed by atoms with Crippen LogP contribution in [0.1, 0.15) is 142 Å². The smallest absolute Gasteiger partial charge is 0.312 e. The fourth-order valence-electron chi connectivity index (χ4n) is 5.75. The van der Waals surface area contributed by atoms with E-state index in [-0.39, 0.29) is 48.8 Å². The minimum atomic E-state index is -1.54. The molecule has 1 aliphatic heterocycles. The summed E-state index contributed by atoms with van der Waals surface area (Å²) < 4.78 is 33.3. The lowest BCUT2D eigenvalue weighted by Crippen LogP contribution is -2.45. The number of ether oxygens (including phenoxy) is 3. The maximum absolute atomic E-state index is 14.0. The van der Waals surface area contributed by atoms with Crippen LogP contribution in [0.5, 0.6) is 0 Å². The molecule has 0 bridgehead atoms. The summed E-state index contributed by atoms with van der Waals surface area (Å²) in [6.07, 6.45) is 23.0. The third-order valence-corrected chi connectivity index (χ3v) is 8.45. The molecule has 3 heterocycles. The molecule has 3 atom stereocenters. The molecule has 2 aromatic heterocycles. The van der Waals surface area contributed by atoms with Gasteiger partial charge in [0.05, 0.1) is 6.33 Å². The van der Waals surface area contributed by atoms with Crippen molar-refractivity contribution in [1.29, 1.82) is 0 Å². The predicted octanol–water partition coefficient (Wildman–Crippen LogP) is 7.36. The second-order valence-corrected chi connectivity index (χ2v) is 12.1. The second-order valence-electron chi connectivity index (χ2n) is 12.1. The zero-order valence-corrected chi connectivity index (χ0v) is 27.2. The van der Waals surface area contributed by atoms with Crippen LogP contribution in [0.4, 0.5) is 10.2 Å². The van der Waals surface area contributed by atoms with E-state index in [1.807, 2.05) is 0 Å². The Kier molecular flexibility index (Phi) is 15.5. The van der Waals surface area contributed by atoms with Gasteiger partial charge >= 0.3 is 18.0 Å². The molecule has 0 unspecified atom stereocenters. The first-order valence-electron chi connectivity index (χ1n) is 17.0. The summed E-state index contributed by atoms with van der Waals surface area (Å²) in [7, 11) is 0. The Bertz CT molecular complexity index is 1250. The van der Waals surface area contributed by atoms with Crippen LogP contribution in [0.25, 0.3) is 11.2 Å². The van der Waals surface area contributed by atoms with Crippen molar-refractivity contribution >= 4 is 28.9 Å². The molecule has 3 rings (SSSR count). The number of anilines is 1. The van der Waals surface area contributed by atoms with E-state index in [1.165, 1.54) is 62.3 Å². The van der Waals surface area contributed by atoms with Crippen molar-refractivity contribution in [1.82, 2.24) is 19.5 Å². The number of fused-ring (bicyclic) bond motifs is 1. The molecular formula is C34H52FN5O5. The van der Waals surface area contributed by atoms with Crippen LogP contribution in [-0.4, -0.2) is 49.8 Å². The van der Waals surface area contributed by atoms with Gasteiger partial charge in [-0.3, -0.25) is 14.2 Å². The van der Waals surface area contributed by atoms with E-state index in [0.29, 0.717) is 6.42 Å². The van der Waals surface area contributed by atoms with E-state index in [2.05, 4.69) is 34.7 Å². The van der Waals surface area contributed by atoms with Gasteiger partial charge in [0.25, 0.3) is 0 Å². The Labute approximate surface area is 267 Å². The molecule has 0 spiro atoms. The van der Waals surface area contributed by atoms with E-state index in [1.54, 1.807) is 0 Å². The maximum Gasteiger partial charge on any atom is 0.312 e. The first-order chi connectivity index (χ1) is 21.8. The number of imidazole rings is 1. The van der Waals surface area contributed by atoms with Crippen molar-refractivity contribution in [3.63, 3.8) is 0 Å². The van der Waals surface area contributed by atoms with Gasteiger partial charge in [0.1, 0.15) is 18.9 Å². The fraction of sp³-hybridized carbons (Fsp3) is 0.735. The van der Waals surface area contributed by atoms with E-state index in [9.17, 15) is 14.0 Å². The quantitative estimate of drug-likeness (QED) is 0.0614. The summed E-state index contributed by atoms with van der Waals surface area (Å²) in [5.41, 5.74) is 4.63. The molecule has 2 N–H and O–H groups in total. The van der Waals surface area contributed by atoms with Gasteiger partial charge in [-0.15, -0.1) is 6.42 Å². The number of hydrogen-bond donors (Lipinski definition) is 1. The summed E-state index contributed by atoms with van der Waals surface area (Å²) >= 11 is 0. The third kappa shape index (κ3) is 11.2. The number of hydrogen-bond acceptors (Lipinski definition) is 9. The van der Waals surface area contributed by atoms with Crippen LogP contribution in [-0.2, 0) is 23.8 Å². The SMILES string of the molecule is C#C[C@]1(COC(=O)CCCCCCCCC)O[C@@H](n2cnc3c(N)nc(F)nc32)C[C@@H]1OC(=O)CCCCCCCCCCC. The standard InChI is InChI=1S/C34H52FN5O5/c1-4-7-9-11-13-14-16-18-20-22-29(42)44-26-23-27(40-25-37-30-31(36)38-33(35)39-32(30)40)45-34(26,6-3)24-43-28(41)21-19-17-15-12-10-8-5-2/h3,25-27H,4-5,7-24H2,1-2H3,(H2,36,38,39)/t26-,27+,34+/m0/s1. The number of nitrogens with zero attached hydrogens (tertiary/aromatic N) is 4. The lowest BCUT2D eigenvalue weighted by atomic mass is 9.98. The molecule has 10 nitrogen and oxygen atoms in total. The van der Waals surface area contributed by atoms with Crippen LogP contribution >= 0.6 is 0 Å². The Morgan fingerprint density at radius 1 is 0.956 bits per heavy atom. The molecule has 11 heteroatoms. The Hall–Kier alpha value is -3.26. The lowest BCUT2D eigenvalue weighted by Gasteiger charge is -2.28. The topological polar surface area (TPSA) is 131 Å². The summed E-state index contributed by atoms with van der Waals surface area (Å²) in [6, 6.07) is 0. The van der Waals surface area contributed by atoms with Crippen molar-refractivity contribution in [2.45, 2.75) is 154 Å². The van der Waals surface area contributed by atoms with Crippen molar-refractivity contribution < 1.29 is 28.2 Å². The molecular weight excluding hydrogens is 577 g/mol. The lowest BCUT2D eigenvalue weighted by molar-refractivity contribution is -0.166. The van der Waals surface area contributed by atoms with Gasteiger partial charge < -0.3 is 19.9 Å². The molecule has 250 valence electrons. The molecule has 45 heavy (non-hydrogen) atoms. The number of halogens is 1. The Morgan fingerprint density at radius 2 is 1.51 bits per heavy atom. The van der Waals surface area contributed by atoms with E-state index in [0.717, 1.165) is 44.9 Å². The fourth-order valence-corrected chi connectivity index (χ4v) is 5.75. The molecule has 0 amide bonds. The monoisotopic (exact) mass is 629 g/mol. The van der Waals surface area contributed by atoms with Crippen molar-refractivity contribution in [2.24, 2.45) is 0 Å². The van der Waals surface area contributed by atoms with Crippen molar-refractivity contribution in [3.05, 3.63) is 12.4 Å². The van der Waals surface area contributed by atoms with Crippen LogP contribution in [0.3, 0.4) is 0 Å². The minimum Gasteiger partial charge on any atom is -0.461 e. The number of unbranched alkanes of at least 4 members (excludes halogenated alkanes) is 14. The molecule has 0 radical (unpaired) electrons. The van der Waals surface area contributed by atoms with Crippen LogP contribution in [0.15, 0.2) is 6.33 Å². The number of carbonyl (C=O) groups excluding carboxylic acids is 2. The van der Waals surface area contributed by atoms with Gasteiger partial charge in [-0.25, -0.2) is 4.98 Å². The number of terminal acetylenes is 1. The second kappa shape index (κ2) is 19.3. The number of nitrogen functional groups attached to an aromatic ring is 1. The molecule has 0 saturated carbocycles. The van der Waals surface area contributed by atoms with Gasteiger partial charge in [0.2, 0.25) is 5.60 Å². The molecule has 1 aliphatic rings. The average Bonchev–Trinajstić information content (AvgIpc) is 3.60. The van der Waals surface area contributed by atoms with E-state index < -0.39 is 30.0 Å². The van der Waals surface area contributed by atoms with Gasteiger partial charge in [-0.1, -0.05) is 110 Å². The zero-order chi connectivity index (χ0) is 32.5. The summed E-state index contributed by atoms with van der Waals surface area (Å²) in [5, 5.41) is 0. The van der Waals surface area contributed by atoms with Gasteiger partial charge in [0, 0.05) is 19.3 Å². The zero-order valence-electron chi connectivity index (χ0n) is 27.2. The van der Waals surface area contributed by atoms with E-state index >= 15 is 0 Å². The van der Waals surface area contributed by atoms with Crippen LogP contribution in [0.2, 0.25) is 0 Å². The number of aromatic nitrogens is 4. The number of nitrogens with two attached hydrogens (primary N) is 1. The first kappa shape index (κ1) is 36.2. The van der Waals surface area contributed by atoms with Crippen LogP contribution < -0.4 is 5.73 Å². The maximum atomic E-state index is 14.0. The summed E-state index contributed by atoms with van der Waals surface area (Å²) in [6.45, 7) is 4.10. The Balaban J connectivity index is 1.60. The number of carbonyl (C=O) groups is 2. The highest BCUT2D eigenvalue weighted by Crippen LogP contribution is 2.40. The summed E-state index contributed by atoms with van der Waals surface area (Å²) in [5.74, 6) is 1.72. The molecule has 2 aromatic rings. The minimum absolute atomic E-state index is 0.110. The van der Waals surface area contributed by atoms with Crippen molar-refractivity contribution in [3.8, 4) is 12.3 Å².